The van der Waals surface area contributed by atoms with Crippen LogP contribution in [-0.4, -0.2) is 24.7 Å². The van der Waals surface area contributed by atoms with Crippen LogP contribution in [0.15, 0.2) is 30.3 Å². The van der Waals surface area contributed by atoms with Gasteiger partial charge in [-0.05, 0) is 18.4 Å². The first-order chi connectivity index (χ1) is 10.7. The predicted molar refractivity (Wildman–Crippen MR) is 80.4 cm³/mol. The number of nitrogens with one attached hydrogen (secondary N) is 1. The zero-order valence-electron chi connectivity index (χ0n) is 12.4. The fourth-order valence-corrected chi connectivity index (χ4v) is 2.52. The van der Waals surface area contributed by atoms with Crippen molar-refractivity contribution in [1.82, 2.24) is 5.32 Å². The van der Waals surface area contributed by atoms with E-state index >= 15 is 0 Å². The molecule has 0 saturated carbocycles. The minimum atomic E-state index is -0.892. The first-order valence-corrected chi connectivity index (χ1v) is 7.44. The number of carbonyl (C=O) groups is 1. The van der Waals surface area contributed by atoms with Gasteiger partial charge in [0.25, 0.3) is 0 Å². The molecular formula is C17H19N3O2. The van der Waals surface area contributed by atoms with Crippen molar-refractivity contribution >= 4 is 5.91 Å². The smallest absolute Gasteiger partial charge is 0.238 e. The quantitative estimate of drug-likeness (QED) is 0.900. The summed E-state index contributed by atoms with van der Waals surface area (Å²) in [5.74, 6) is -1.10. The lowest BCUT2D eigenvalue weighted by atomic mass is 9.90. The van der Waals surface area contributed by atoms with Gasteiger partial charge in [-0.3, -0.25) is 4.79 Å². The number of aryl methyl sites for hydroxylation is 1. The standard InChI is InChI=1S/C17H19N3O2/c18-12-15(7-6-14-4-2-1-3-5-14)16(21)20-17(13-19)8-10-22-11-9-17/h1-5,15H,6-11H2,(H,20,21). The molecule has 1 N–H and O–H groups in total. The molecule has 1 aromatic rings. The molecule has 22 heavy (non-hydrogen) atoms. The van der Waals surface area contributed by atoms with Crippen molar-refractivity contribution in [2.45, 2.75) is 31.2 Å². The Morgan fingerprint density at radius 2 is 1.95 bits per heavy atom. The van der Waals surface area contributed by atoms with Crippen molar-refractivity contribution in [2.24, 2.45) is 5.92 Å². The number of nitriles is 2. The van der Waals surface area contributed by atoms with Crippen LogP contribution >= 0.6 is 0 Å². The van der Waals surface area contributed by atoms with Crippen molar-refractivity contribution in [3.05, 3.63) is 35.9 Å². The largest absolute Gasteiger partial charge is 0.381 e. The zero-order valence-corrected chi connectivity index (χ0v) is 12.4. The summed E-state index contributed by atoms with van der Waals surface area (Å²) >= 11 is 0. The van der Waals surface area contributed by atoms with Crippen LogP contribution in [-0.2, 0) is 16.0 Å². The van der Waals surface area contributed by atoms with E-state index in [0.29, 0.717) is 38.9 Å². The van der Waals surface area contributed by atoms with Gasteiger partial charge in [0.1, 0.15) is 11.5 Å². The van der Waals surface area contributed by atoms with E-state index in [1.807, 2.05) is 30.3 Å². The number of amides is 1. The third-order valence-electron chi connectivity index (χ3n) is 3.96. The highest BCUT2D eigenvalue weighted by Crippen LogP contribution is 2.21. The van der Waals surface area contributed by atoms with Gasteiger partial charge in [-0.25, -0.2) is 0 Å². The first kappa shape index (κ1) is 16.0. The summed E-state index contributed by atoms with van der Waals surface area (Å²) in [6.07, 6.45) is 2.04. The number of ether oxygens (including phenoxy) is 1. The molecule has 1 aromatic carbocycles. The minimum absolute atomic E-state index is 0.359. The highest BCUT2D eigenvalue weighted by atomic mass is 16.5. The fraction of sp³-hybridized carbons (Fsp3) is 0.471. The van der Waals surface area contributed by atoms with E-state index < -0.39 is 11.5 Å². The molecule has 0 aliphatic carbocycles. The van der Waals surface area contributed by atoms with Gasteiger partial charge < -0.3 is 10.1 Å². The molecule has 114 valence electrons. The van der Waals surface area contributed by atoms with Gasteiger partial charge in [-0.1, -0.05) is 30.3 Å². The molecule has 5 nitrogen and oxygen atoms in total. The molecule has 0 bridgehead atoms. The zero-order chi connectivity index (χ0) is 15.8. The van der Waals surface area contributed by atoms with Gasteiger partial charge in [0.2, 0.25) is 5.91 Å². The van der Waals surface area contributed by atoms with E-state index in [1.165, 1.54) is 0 Å². The lowest BCUT2D eigenvalue weighted by Crippen LogP contribution is -2.52. The van der Waals surface area contributed by atoms with Crippen LogP contribution in [0, 0.1) is 28.6 Å². The van der Waals surface area contributed by atoms with Crippen molar-refractivity contribution in [2.75, 3.05) is 13.2 Å². The maximum Gasteiger partial charge on any atom is 0.238 e. The van der Waals surface area contributed by atoms with Crippen LogP contribution in [0.1, 0.15) is 24.8 Å². The molecule has 1 amide bonds. The van der Waals surface area contributed by atoms with Gasteiger partial charge >= 0.3 is 0 Å². The van der Waals surface area contributed by atoms with Gasteiger partial charge in [0, 0.05) is 26.1 Å². The maximum absolute atomic E-state index is 12.3. The number of nitrogens with zero attached hydrogens (tertiary/aromatic N) is 2. The van der Waals surface area contributed by atoms with Crippen LogP contribution in [0.3, 0.4) is 0 Å². The molecule has 1 aliphatic heterocycles. The highest BCUT2D eigenvalue weighted by Gasteiger charge is 2.36. The van der Waals surface area contributed by atoms with Gasteiger partial charge in [-0.15, -0.1) is 0 Å². The molecule has 0 spiro atoms. The monoisotopic (exact) mass is 297 g/mol. The Bertz CT molecular complexity index is 580. The minimum Gasteiger partial charge on any atom is -0.381 e. The SMILES string of the molecule is N#CC(CCc1ccccc1)C(=O)NC1(C#N)CCOCC1. The lowest BCUT2D eigenvalue weighted by Gasteiger charge is -2.32. The molecule has 1 atom stereocenters. The van der Waals surface area contributed by atoms with Gasteiger partial charge in [-0.2, -0.15) is 10.5 Å². The average Bonchev–Trinajstić information content (AvgIpc) is 2.57. The molecule has 5 heteroatoms. The lowest BCUT2D eigenvalue weighted by molar-refractivity contribution is -0.125. The van der Waals surface area contributed by atoms with E-state index in [0.717, 1.165) is 5.56 Å². The second-order valence-electron chi connectivity index (χ2n) is 5.50. The van der Waals surface area contributed by atoms with Crippen LogP contribution in [0.4, 0.5) is 0 Å². The summed E-state index contributed by atoms with van der Waals surface area (Å²) in [5, 5.41) is 21.4. The predicted octanol–water partition coefficient (Wildman–Crippen LogP) is 1.95. The third-order valence-corrected chi connectivity index (χ3v) is 3.96. The van der Waals surface area contributed by atoms with E-state index in [9.17, 15) is 15.3 Å². The second-order valence-corrected chi connectivity index (χ2v) is 5.50. The Morgan fingerprint density at radius 3 is 2.55 bits per heavy atom. The Labute approximate surface area is 130 Å². The maximum atomic E-state index is 12.3. The van der Waals surface area contributed by atoms with E-state index in [2.05, 4.69) is 17.5 Å². The fourth-order valence-electron chi connectivity index (χ4n) is 2.52. The van der Waals surface area contributed by atoms with Gasteiger partial charge in [0.15, 0.2) is 0 Å². The van der Waals surface area contributed by atoms with Crippen LogP contribution in [0.5, 0.6) is 0 Å². The number of carbonyl (C=O) groups excluding carboxylic acids is 1. The summed E-state index contributed by atoms with van der Waals surface area (Å²) in [6.45, 7) is 0.907. The van der Waals surface area contributed by atoms with E-state index in [-0.39, 0.29) is 5.91 Å². The Morgan fingerprint density at radius 1 is 1.27 bits per heavy atom. The molecule has 1 saturated heterocycles. The Hall–Kier alpha value is -2.37. The molecule has 2 rings (SSSR count). The van der Waals surface area contributed by atoms with Crippen LogP contribution in [0.25, 0.3) is 0 Å². The van der Waals surface area contributed by atoms with Crippen molar-refractivity contribution in [3.63, 3.8) is 0 Å². The highest BCUT2D eigenvalue weighted by molar-refractivity contribution is 5.82. The number of hydrogen-bond acceptors (Lipinski definition) is 4. The molecule has 0 radical (unpaired) electrons. The summed E-state index contributed by atoms with van der Waals surface area (Å²) in [5.41, 5.74) is 0.202. The van der Waals surface area contributed by atoms with Crippen molar-refractivity contribution < 1.29 is 9.53 Å². The average molecular weight is 297 g/mol. The van der Waals surface area contributed by atoms with Crippen molar-refractivity contribution in [3.8, 4) is 12.1 Å². The normalized spacial score (nSPS) is 17.7. The number of rotatable bonds is 5. The molecule has 0 aromatic heterocycles. The third kappa shape index (κ3) is 4.07. The summed E-state index contributed by atoms with van der Waals surface area (Å²) in [6, 6.07) is 14.0. The molecular weight excluding hydrogens is 278 g/mol. The topological polar surface area (TPSA) is 85.9 Å². The molecule has 1 aliphatic rings. The molecule has 1 fully saturated rings. The Kier molecular flexibility index (Phi) is 5.52. The summed E-state index contributed by atoms with van der Waals surface area (Å²) in [4.78, 5) is 12.3. The van der Waals surface area contributed by atoms with Crippen LogP contribution in [0.2, 0.25) is 0 Å². The summed E-state index contributed by atoms with van der Waals surface area (Å²) in [7, 11) is 0. The van der Waals surface area contributed by atoms with Gasteiger partial charge in [0.05, 0.1) is 12.1 Å². The number of benzene rings is 1. The molecule has 1 heterocycles. The van der Waals surface area contributed by atoms with Crippen molar-refractivity contribution in [1.29, 1.82) is 10.5 Å². The summed E-state index contributed by atoms with van der Waals surface area (Å²) < 4.78 is 5.23. The van der Waals surface area contributed by atoms with Crippen LogP contribution < -0.4 is 5.32 Å². The number of hydrogen-bond donors (Lipinski definition) is 1. The molecule has 1 unspecified atom stereocenters. The first-order valence-electron chi connectivity index (χ1n) is 7.44. The second kappa shape index (κ2) is 7.59. The van der Waals surface area contributed by atoms with E-state index in [4.69, 9.17) is 4.74 Å². The Balaban J connectivity index is 1.94. The van der Waals surface area contributed by atoms with E-state index in [1.54, 1.807) is 0 Å².